The summed E-state index contributed by atoms with van der Waals surface area (Å²) < 4.78 is 0. The molecule has 1 heterocycles. The topological polar surface area (TPSA) is 6.48 Å². The van der Waals surface area contributed by atoms with Gasteiger partial charge in [0.15, 0.2) is 0 Å². The third-order valence-corrected chi connectivity index (χ3v) is 8.92. The van der Waals surface area contributed by atoms with Crippen molar-refractivity contribution in [2.24, 2.45) is 0 Å². The van der Waals surface area contributed by atoms with E-state index in [2.05, 4.69) is 180 Å². The fourth-order valence-electron chi connectivity index (χ4n) is 6.93. The van der Waals surface area contributed by atoms with Gasteiger partial charge in [0.25, 0.3) is 0 Å². The van der Waals surface area contributed by atoms with Crippen LogP contribution in [0.1, 0.15) is 0 Å². The molecule has 0 saturated carbocycles. The first kappa shape index (κ1) is 24.7. The number of anilines is 6. The fraction of sp³-hybridized carbons (Fsp3) is 0. The summed E-state index contributed by atoms with van der Waals surface area (Å²) in [6.45, 7) is 0. The Hall–Kier alpha value is -5.86. The van der Waals surface area contributed by atoms with Crippen molar-refractivity contribution in [3.05, 3.63) is 170 Å². The maximum Gasteiger partial charge on any atom is 0.0546 e. The second-order valence-corrected chi connectivity index (χ2v) is 11.4. The molecule has 0 fully saturated rings. The van der Waals surface area contributed by atoms with Gasteiger partial charge in [0, 0.05) is 33.4 Å². The molecule has 9 rings (SSSR count). The lowest BCUT2D eigenvalue weighted by molar-refractivity contribution is 1.26. The summed E-state index contributed by atoms with van der Waals surface area (Å²) in [4.78, 5) is 4.80. The summed E-state index contributed by atoms with van der Waals surface area (Å²) in [5.74, 6) is 0. The molecule has 8 aromatic rings. The normalized spacial score (nSPS) is 12.0. The molecule has 0 radical (unpaired) electrons. The molecule has 0 atom stereocenters. The zero-order valence-electron chi connectivity index (χ0n) is 24.1. The van der Waals surface area contributed by atoms with Crippen LogP contribution in [-0.4, -0.2) is 0 Å². The molecule has 0 bridgehead atoms. The second kappa shape index (κ2) is 9.86. The number of hydrogen-bond acceptors (Lipinski definition) is 2. The van der Waals surface area contributed by atoms with Crippen LogP contribution in [0, 0.1) is 0 Å². The fourth-order valence-corrected chi connectivity index (χ4v) is 6.93. The summed E-state index contributed by atoms with van der Waals surface area (Å²) in [6, 6.07) is 61.6. The number of hydrogen-bond donors (Lipinski definition) is 0. The lowest BCUT2D eigenvalue weighted by atomic mass is 9.91. The van der Waals surface area contributed by atoms with Crippen molar-refractivity contribution in [2.75, 3.05) is 9.80 Å². The molecule has 0 amide bonds. The Morgan fingerprint density at radius 3 is 1.89 bits per heavy atom. The molecule has 0 aromatic heterocycles. The summed E-state index contributed by atoms with van der Waals surface area (Å²) in [5.41, 5.74) is 9.51. The molecule has 2 heteroatoms. The predicted molar refractivity (Wildman–Crippen MR) is 187 cm³/mol. The number of benzene rings is 8. The number of fused-ring (bicyclic) bond motifs is 4. The first-order valence-electron chi connectivity index (χ1n) is 15.1. The van der Waals surface area contributed by atoms with Gasteiger partial charge in [-0.1, -0.05) is 115 Å². The smallest absolute Gasteiger partial charge is 0.0546 e. The Kier molecular flexibility index (Phi) is 5.54. The molecule has 0 unspecified atom stereocenters. The van der Waals surface area contributed by atoms with Gasteiger partial charge in [-0.15, -0.1) is 0 Å². The Morgan fingerprint density at radius 2 is 1.00 bits per heavy atom. The van der Waals surface area contributed by atoms with E-state index in [0.717, 1.165) is 22.7 Å². The number of rotatable bonds is 4. The Morgan fingerprint density at radius 1 is 0.386 bits per heavy atom. The minimum Gasteiger partial charge on any atom is -0.310 e. The van der Waals surface area contributed by atoms with Crippen LogP contribution < -0.4 is 9.80 Å². The van der Waals surface area contributed by atoms with Crippen molar-refractivity contribution in [1.82, 2.24) is 0 Å². The lowest BCUT2D eigenvalue weighted by Gasteiger charge is -2.34. The Balaban J connectivity index is 1.23. The van der Waals surface area contributed by atoms with E-state index in [0.29, 0.717) is 0 Å². The highest BCUT2D eigenvalue weighted by atomic mass is 15.2. The van der Waals surface area contributed by atoms with E-state index in [1.807, 2.05) is 0 Å². The molecular formula is C42H28N2. The molecule has 2 nitrogen and oxygen atoms in total. The van der Waals surface area contributed by atoms with Crippen LogP contribution in [0.15, 0.2) is 170 Å². The van der Waals surface area contributed by atoms with E-state index >= 15 is 0 Å². The van der Waals surface area contributed by atoms with E-state index in [1.54, 1.807) is 0 Å². The van der Waals surface area contributed by atoms with E-state index in [4.69, 9.17) is 0 Å². The van der Waals surface area contributed by atoms with Gasteiger partial charge in [0.1, 0.15) is 0 Å². The highest BCUT2D eigenvalue weighted by Crippen LogP contribution is 2.51. The van der Waals surface area contributed by atoms with E-state index in [9.17, 15) is 0 Å². The van der Waals surface area contributed by atoms with Crippen molar-refractivity contribution in [2.45, 2.75) is 0 Å². The number of nitrogens with zero attached hydrogens (tertiary/aromatic N) is 2. The third kappa shape index (κ3) is 3.82. The molecule has 0 N–H and O–H groups in total. The van der Waals surface area contributed by atoms with Crippen LogP contribution in [-0.2, 0) is 0 Å². The first-order valence-corrected chi connectivity index (χ1v) is 15.1. The van der Waals surface area contributed by atoms with Crippen molar-refractivity contribution in [3.63, 3.8) is 0 Å². The monoisotopic (exact) mass is 560 g/mol. The van der Waals surface area contributed by atoms with Gasteiger partial charge in [-0.25, -0.2) is 0 Å². The maximum absolute atomic E-state index is 2.41. The quantitative estimate of drug-likeness (QED) is 0.211. The minimum absolute atomic E-state index is 1.12. The van der Waals surface area contributed by atoms with Gasteiger partial charge in [-0.2, -0.15) is 0 Å². The van der Waals surface area contributed by atoms with Crippen molar-refractivity contribution >= 4 is 66.4 Å². The van der Waals surface area contributed by atoms with Crippen LogP contribution in [0.5, 0.6) is 0 Å². The molecule has 0 aliphatic carbocycles. The zero-order valence-corrected chi connectivity index (χ0v) is 24.1. The molecule has 44 heavy (non-hydrogen) atoms. The average Bonchev–Trinajstić information content (AvgIpc) is 3.09. The minimum atomic E-state index is 1.12. The second-order valence-electron chi connectivity index (χ2n) is 11.4. The summed E-state index contributed by atoms with van der Waals surface area (Å²) >= 11 is 0. The molecule has 0 spiro atoms. The van der Waals surface area contributed by atoms with Crippen molar-refractivity contribution < 1.29 is 0 Å². The maximum atomic E-state index is 2.41. The molecule has 0 saturated heterocycles. The summed E-state index contributed by atoms with van der Waals surface area (Å²) in [7, 11) is 0. The van der Waals surface area contributed by atoms with Gasteiger partial charge in [0.05, 0.1) is 17.1 Å². The van der Waals surface area contributed by atoms with Crippen LogP contribution in [0.4, 0.5) is 34.1 Å². The van der Waals surface area contributed by atoms with Gasteiger partial charge in [-0.05, 0) is 81.7 Å². The summed E-state index contributed by atoms with van der Waals surface area (Å²) in [6.07, 6.45) is 0. The largest absolute Gasteiger partial charge is 0.310 e. The first-order chi connectivity index (χ1) is 21.8. The molecule has 8 aromatic carbocycles. The van der Waals surface area contributed by atoms with Gasteiger partial charge >= 0.3 is 0 Å². The molecule has 1 aliphatic rings. The van der Waals surface area contributed by atoms with Gasteiger partial charge in [0.2, 0.25) is 0 Å². The van der Waals surface area contributed by atoms with Crippen LogP contribution in [0.2, 0.25) is 0 Å². The summed E-state index contributed by atoms with van der Waals surface area (Å²) in [5, 5.41) is 7.47. The molecular weight excluding hydrogens is 532 g/mol. The average molecular weight is 561 g/mol. The Bertz CT molecular complexity index is 2340. The van der Waals surface area contributed by atoms with E-state index in [1.165, 1.54) is 54.8 Å². The highest BCUT2D eigenvalue weighted by molar-refractivity contribution is 6.13. The standard InChI is InChI=1S/C42H28N2/c1-2-12-32-28-35(23-22-29(32)10-1)43(39-20-8-13-30-11-3-4-16-36(30)39)33-24-26-34(27-25-33)44-40-19-6-5-17-37(40)38-18-7-14-31-15-9-21-41(44)42(31)38/h1-28H. The van der Waals surface area contributed by atoms with Gasteiger partial charge < -0.3 is 9.80 Å². The lowest BCUT2D eigenvalue weighted by Crippen LogP contribution is -2.15. The zero-order chi connectivity index (χ0) is 29.0. The van der Waals surface area contributed by atoms with Crippen molar-refractivity contribution in [1.29, 1.82) is 0 Å². The van der Waals surface area contributed by atoms with Crippen LogP contribution in [0.25, 0.3) is 43.4 Å². The van der Waals surface area contributed by atoms with Gasteiger partial charge in [-0.3, -0.25) is 0 Å². The molecule has 1 aliphatic heterocycles. The SMILES string of the molecule is c1ccc2c(c1)-c1cccc3cccc(c13)N2c1ccc(N(c2ccc3ccccc3c2)c2cccc3ccccc23)cc1. The van der Waals surface area contributed by atoms with Crippen molar-refractivity contribution in [3.8, 4) is 11.1 Å². The predicted octanol–water partition coefficient (Wildman–Crippen LogP) is 12.1. The highest BCUT2D eigenvalue weighted by Gasteiger charge is 2.25. The number of para-hydroxylation sites is 1. The van der Waals surface area contributed by atoms with E-state index in [-0.39, 0.29) is 0 Å². The molecule has 206 valence electrons. The van der Waals surface area contributed by atoms with Crippen LogP contribution >= 0.6 is 0 Å². The Labute approximate surface area is 256 Å². The third-order valence-electron chi connectivity index (χ3n) is 8.92. The van der Waals surface area contributed by atoms with E-state index < -0.39 is 0 Å². The van der Waals surface area contributed by atoms with Crippen LogP contribution in [0.3, 0.4) is 0 Å².